The number of piperazine rings is 1. The lowest BCUT2D eigenvalue weighted by Gasteiger charge is -2.38. The molecular weight excluding hydrogens is 465 g/mol. The van der Waals surface area contributed by atoms with Crippen molar-refractivity contribution < 1.29 is 22.7 Å². The Morgan fingerprint density at radius 2 is 1.61 bits per heavy atom. The summed E-state index contributed by atoms with van der Waals surface area (Å²) in [7, 11) is -3.51. The van der Waals surface area contributed by atoms with Crippen molar-refractivity contribution in [1.82, 2.24) is 14.1 Å². The minimum Gasteiger partial charge on any atom is -0.450 e. The number of benzene rings is 1. The zero-order valence-corrected chi connectivity index (χ0v) is 19.8. The van der Waals surface area contributed by atoms with Crippen molar-refractivity contribution in [1.29, 1.82) is 0 Å². The molecule has 2 fully saturated rings. The third-order valence-corrected chi connectivity index (χ3v) is 8.24. The molecule has 0 radical (unpaired) electrons. The van der Waals surface area contributed by atoms with E-state index in [-0.39, 0.29) is 23.7 Å². The largest absolute Gasteiger partial charge is 0.450 e. The smallest absolute Gasteiger partial charge is 0.409 e. The van der Waals surface area contributed by atoms with Crippen molar-refractivity contribution in [2.24, 2.45) is 5.92 Å². The summed E-state index contributed by atoms with van der Waals surface area (Å²) >= 11 is 11.9. The molecule has 2 saturated heterocycles. The van der Waals surface area contributed by atoms with Gasteiger partial charge in [-0.15, -0.1) is 0 Å². The summed E-state index contributed by atoms with van der Waals surface area (Å²) in [5.74, 6) is -0.325. The van der Waals surface area contributed by atoms with Crippen LogP contribution in [0.4, 0.5) is 4.79 Å². The maximum Gasteiger partial charge on any atom is 0.409 e. The Labute approximate surface area is 193 Å². The van der Waals surface area contributed by atoms with Crippen molar-refractivity contribution in [2.75, 3.05) is 45.9 Å². The molecule has 2 aliphatic heterocycles. The summed E-state index contributed by atoms with van der Waals surface area (Å²) in [5, 5.41) is 0.701. The molecule has 0 atom stereocenters. The van der Waals surface area contributed by atoms with Gasteiger partial charge >= 0.3 is 6.09 Å². The molecule has 0 aromatic heterocycles. The third kappa shape index (κ3) is 6.03. The summed E-state index contributed by atoms with van der Waals surface area (Å²) in [4.78, 5) is 28.0. The predicted octanol–water partition coefficient (Wildman–Crippen LogP) is 2.84. The molecule has 0 saturated carbocycles. The van der Waals surface area contributed by atoms with E-state index in [2.05, 4.69) is 0 Å². The molecule has 8 nitrogen and oxygen atoms in total. The van der Waals surface area contributed by atoms with Gasteiger partial charge in [-0.1, -0.05) is 29.3 Å². The predicted molar refractivity (Wildman–Crippen MR) is 119 cm³/mol. The van der Waals surface area contributed by atoms with E-state index in [0.29, 0.717) is 74.3 Å². The van der Waals surface area contributed by atoms with Gasteiger partial charge in [0.1, 0.15) is 0 Å². The number of ether oxygens (including phenoxy) is 1. The van der Waals surface area contributed by atoms with Crippen molar-refractivity contribution in [2.45, 2.75) is 25.5 Å². The van der Waals surface area contributed by atoms with Crippen LogP contribution in [-0.4, -0.2) is 80.4 Å². The van der Waals surface area contributed by atoms with Gasteiger partial charge in [0, 0.05) is 45.2 Å². The lowest BCUT2D eigenvalue weighted by molar-refractivity contribution is -0.138. The van der Waals surface area contributed by atoms with Crippen LogP contribution in [0.3, 0.4) is 0 Å². The van der Waals surface area contributed by atoms with Gasteiger partial charge in [0.2, 0.25) is 15.9 Å². The maximum atomic E-state index is 12.9. The van der Waals surface area contributed by atoms with E-state index in [9.17, 15) is 18.0 Å². The van der Waals surface area contributed by atoms with Gasteiger partial charge in [0.15, 0.2) is 0 Å². The molecule has 1 aromatic rings. The monoisotopic (exact) mass is 491 g/mol. The molecule has 2 aliphatic rings. The minimum atomic E-state index is -3.51. The van der Waals surface area contributed by atoms with E-state index in [4.69, 9.17) is 27.9 Å². The van der Waals surface area contributed by atoms with Crippen LogP contribution in [0.2, 0.25) is 10.0 Å². The van der Waals surface area contributed by atoms with E-state index in [1.807, 2.05) is 0 Å². The van der Waals surface area contributed by atoms with Crippen molar-refractivity contribution in [3.8, 4) is 0 Å². The molecule has 0 unspecified atom stereocenters. The molecule has 172 valence electrons. The number of sulfonamides is 1. The minimum absolute atomic E-state index is 0.0324. The molecule has 2 amide bonds. The first-order valence-corrected chi connectivity index (χ1v) is 12.7. The zero-order valence-electron chi connectivity index (χ0n) is 17.4. The average molecular weight is 492 g/mol. The Morgan fingerprint density at radius 3 is 2.19 bits per heavy atom. The lowest BCUT2D eigenvalue weighted by Crippen LogP contribution is -2.53. The second kappa shape index (κ2) is 10.4. The Bertz CT molecular complexity index is 911. The molecule has 3 rings (SSSR count). The average Bonchev–Trinajstić information content (AvgIpc) is 2.76. The summed E-state index contributed by atoms with van der Waals surface area (Å²) < 4.78 is 32.0. The Kier molecular flexibility index (Phi) is 8.07. The number of halogens is 2. The number of nitrogens with zero attached hydrogens (tertiary/aromatic N) is 3. The van der Waals surface area contributed by atoms with E-state index in [1.54, 1.807) is 34.9 Å². The second-order valence-electron chi connectivity index (χ2n) is 7.69. The van der Waals surface area contributed by atoms with Crippen LogP contribution < -0.4 is 0 Å². The molecule has 0 bridgehead atoms. The van der Waals surface area contributed by atoms with E-state index >= 15 is 0 Å². The molecule has 1 aromatic carbocycles. The maximum absolute atomic E-state index is 12.9. The Hall–Kier alpha value is -1.55. The number of carbonyl (C=O) groups excluding carboxylic acids is 2. The van der Waals surface area contributed by atoms with Gasteiger partial charge in [-0.05, 0) is 37.5 Å². The van der Waals surface area contributed by atoms with Crippen LogP contribution in [0.5, 0.6) is 0 Å². The van der Waals surface area contributed by atoms with Crippen molar-refractivity contribution in [3.05, 3.63) is 33.8 Å². The van der Waals surface area contributed by atoms with E-state index < -0.39 is 10.0 Å². The first-order valence-electron chi connectivity index (χ1n) is 10.3. The Morgan fingerprint density at radius 1 is 1.00 bits per heavy atom. The molecule has 0 N–H and O–H groups in total. The third-order valence-electron chi connectivity index (χ3n) is 5.65. The highest BCUT2D eigenvalue weighted by Crippen LogP contribution is 2.26. The van der Waals surface area contributed by atoms with Crippen LogP contribution in [0, 0.1) is 5.92 Å². The van der Waals surface area contributed by atoms with Gasteiger partial charge < -0.3 is 14.5 Å². The van der Waals surface area contributed by atoms with Gasteiger partial charge in [0.25, 0.3) is 0 Å². The molecule has 0 spiro atoms. The molecular formula is C20H27Cl2N3O5S. The molecule has 11 heteroatoms. The standard InChI is InChI=1S/C20H27Cl2N3O5S/c1-2-30-20(27)24-11-9-23(10-12-24)19(26)16-5-7-25(8-6-16)31(28,29)14-15-3-4-17(21)18(22)13-15/h3-4,13,16H,2,5-12,14H2,1H3. The van der Waals surface area contributed by atoms with Crippen LogP contribution in [0.15, 0.2) is 18.2 Å². The molecule has 0 aliphatic carbocycles. The Balaban J connectivity index is 1.50. The lowest BCUT2D eigenvalue weighted by atomic mass is 9.96. The van der Waals surface area contributed by atoms with E-state index in [1.165, 1.54) is 4.31 Å². The summed E-state index contributed by atoms with van der Waals surface area (Å²) in [6.07, 6.45) is 0.616. The molecule has 2 heterocycles. The first-order chi connectivity index (χ1) is 14.7. The van der Waals surface area contributed by atoms with Gasteiger partial charge in [-0.3, -0.25) is 4.79 Å². The summed E-state index contributed by atoms with van der Waals surface area (Å²) in [6.45, 7) is 4.52. The van der Waals surface area contributed by atoms with Crippen molar-refractivity contribution in [3.63, 3.8) is 0 Å². The van der Waals surface area contributed by atoms with Crippen LogP contribution in [0.1, 0.15) is 25.3 Å². The summed E-state index contributed by atoms with van der Waals surface area (Å²) in [5.41, 5.74) is 0.576. The van der Waals surface area contributed by atoms with Gasteiger partial charge in [-0.25, -0.2) is 17.5 Å². The molecule has 31 heavy (non-hydrogen) atoms. The number of carbonyl (C=O) groups is 2. The number of hydrogen-bond acceptors (Lipinski definition) is 5. The van der Waals surface area contributed by atoms with Crippen LogP contribution >= 0.6 is 23.2 Å². The fourth-order valence-corrected chi connectivity index (χ4v) is 5.77. The number of hydrogen-bond donors (Lipinski definition) is 0. The highest BCUT2D eigenvalue weighted by atomic mass is 35.5. The van der Waals surface area contributed by atoms with Gasteiger partial charge in [0.05, 0.1) is 22.4 Å². The fourth-order valence-electron chi connectivity index (χ4n) is 3.89. The number of piperidine rings is 1. The topological polar surface area (TPSA) is 87.2 Å². The van der Waals surface area contributed by atoms with Crippen molar-refractivity contribution >= 4 is 45.2 Å². The summed E-state index contributed by atoms with van der Waals surface area (Å²) in [6, 6.07) is 4.80. The highest BCUT2D eigenvalue weighted by molar-refractivity contribution is 7.88. The highest BCUT2D eigenvalue weighted by Gasteiger charge is 2.34. The quantitative estimate of drug-likeness (QED) is 0.631. The normalized spacial score (nSPS) is 18.8. The first kappa shape index (κ1) is 24.1. The number of amides is 2. The second-order valence-corrected chi connectivity index (χ2v) is 10.5. The van der Waals surface area contributed by atoms with Gasteiger partial charge in [-0.2, -0.15) is 0 Å². The zero-order chi connectivity index (χ0) is 22.6. The van der Waals surface area contributed by atoms with Crippen LogP contribution in [0.25, 0.3) is 0 Å². The van der Waals surface area contributed by atoms with Crippen LogP contribution in [-0.2, 0) is 25.3 Å². The number of rotatable bonds is 5. The van der Waals surface area contributed by atoms with E-state index in [0.717, 1.165) is 0 Å². The fraction of sp³-hybridized carbons (Fsp3) is 0.600. The SMILES string of the molecule is CCOC(=O)N1CCN(C(=O)C2CCN(S(=O)(=O)Cc3ccc(Cl)c(Cl)c3)CC2)CC1.